The van der Waals surface area contributed by atoms with Gasteiger partial charge in [-0.05, 0) is 53.7 Å². The lowest BCUT2D eigenvalue weighted by Crippen LogP contribution is -2.07. The summed E-state index contributed by atoms with van der Waals surface area (Å²) in [5, 5.41) is 8.97. The fourth-order valence-electron chi connectivity index (χ4n) is 2.30. The number of amides is 1. The molecule has 1 aliphatic heterocycles. The number of aliphatic imine (C=N–C) groups is 1. The molecule has 1 amide bonds. The van der Waals surface area contributed by atoms with Gasteiger partial charge < -0.3 is 10.5 Å². The van der Waals surface area contributed by atoms with Crippen molar-refractivity contribution in [1.29, 1.82) is 5.26 Å². The maximum absolute atomic E-state index is 13.2. The molecule has 28 heavy (non-hydrogen) atoms. The van der Waals surface area contributed by atoms with Gasteiger partial charge in [0.1, 0.15) is 11.5 Å². The highest BCUT2D eigenvalue weighted by molar-refractivity contribution is 8.18. The summed E-state index contributed by atoms with van der Waals surface area (Å²) in [5.74, 6) is -0.978. The molecule has 0 unspecified atom stereocenters. The fraction of sp³-hybridized carbons (Fsp3) is 0.0556. The largest absolute Gasteiger partial charge is 0.455 e. The van der Waals surface area contributed by atoms with Crippen LogP contribution in [0.25, 0.3) is 6.08 Å². The third-order valence-electron chi connectivity index (χ3n) is 3.52. The Morgan fingerprint density at radius 2 is 1.93 bits per heavy atom. The first-order valence-electron chi connectivity index (χ1n) is 7.54. The number of ether oxygens (including phenoxy) is 1. The molecular formula is C18H9ClF3N3O2S. The molecule has 2 N–H and O–H groups in total. The standard InChI is InChI=1S/C18H9ClF3N3O2S/c19-12-6-9(7-15-16(26)25-17(24)28-15)1-4-14(12)27-13-3-2-10(8-23)5-11(13)18(20,21)22/h1-7H,(H2,24,25,26)/b15-7-. The number of nitrogens with two attached hydrogens (primary N) is 1. The van der Waals surface area contributed by atoms with Crippen molar-refractivity contribution in [3.63, 3.8) is 0 Å². The Balaban J connectivity index is 1.90. The van der Waals surface area contributed by atoms with Gasteiger partial charge in [-0.2, -0.15) is 23.4 Å². The van der Waals surface area contributed by atoms with Crippen LogP contribution in [0.3, 0.4) is 0 Å². The maximum atomic E-state index is 13.2. The summed E-state index contributed by atoms with van der Waals surface area (Å²) >= 11 is 7.12. The van der Waals surface area contributed by atoms with Crippen molar-refractivity contribution in [3.8, 4) is 17.6 Å². The summed E-state index contributed by atoms with van der Waals surface area (Å²) in [6.07, 6.45) is -3.20. The number of amidine groups is 1. The lowest BCUT2D eigenvalue weighted by Gasteiger charge is -2.15. The SMILES string of the molecule is N#Cc1ccc(Oc2ccc(/C=C3\SC(N)=NC3=O)cc2Cl)c(C(F)(F)F)c1. The summed E-state index contributed by atoms with van der Waals surface area (Å²) in [7, 11) is 0. The second-order valence-corrected chi connectivity index (χ2v) is 6.95. The Hall–Kier alpha value is -2.96. The van der Waals surface area contributed by atoms with Crippen LogP contribution in [0.1, 0.15) is 16.7 Å². The van der Waals surface area contributed by atoms with E-state index in [1.54, 1.807) is 6.07 Å². The number of nitrogens with zero attached hydrogens (tertiary/aromatic N) is 2. The number of rotatable bonds is 3. The number of alkyl halides is 3. The van der Waals surface area contributed by atoms with Gasteiger partial charge in [-0.1, -0.05) is 17.7 Å². The van der Waals surface area contributed by atoms with E-state index in [2.05, 4.69) is 4.99 Å². The molecule has 5 nitrogen and oxygen atoms in total. The minimum absolute atomic E-state index is 0.0137. The minimum atomic E-state index is -4.71. The Labute approximate surface area is 166 Å². The number of nitriles is 1. The molecular weight excluding hydrogens is 415 g/mol. The fourth-order valence-corrected chi connectivity index (χ4v) is 3.20. The predicted molar refractivity (Wildman–Crippen MR) is 99.9 cm³/mol. The summed E-state index contributed by atoms with van der Waals surface area (Å²) in [6.45, 7) is 0. The van der Waals surface area contributed by atoms with Crippen LogP contribution in [0, 0.1) is 11.3 Å². The Bertz CT molecular complexity index is 1070. The molecule has 1 heterocycles. The monoisotopic (exact) mass is 423 g/mol. The van der Waals surface area contributed by atoms with Gasteiger partial charge in [0.05, 0.1) is 27.1 Å². The number of hydrogen-bond acceptors (Lipinski definition) is 5. The molecule has 2 aromatic rings. The Kier molecular flexibility index (Phi) is 5.36. The zero-order chi connectivity index (χ0) is 20.5. The van der Waals surface area contributed by atoms with Gasteiger partial charge in [-0.3, -0.25) is 4.79 Å². The highest BCUT2D eigenvalue weighted by atomic mass is 35.5. The Morgan fingerprint density at radius 1 is 1.21 bits per heavy atom. The number of halogens is 4. The third kappa shape index (κ3) is 4.30. The molecule has 0 bridgehead atoms. The van der Waals surface area contributed by atoms with Crippen LogP contribution < -0.4 is 10.5 Å². The number of carbonyl (C=O) groups is 1. The van der Waals surface area contributed by atoms with Crippen molar-refractivity contribution in [2.45, 2.75) is 6.18 Å². The van der Waals surface area contributed by atoms with Crippen molar-refractivity contribution in [2.24, 2.45) is 10.7 Å². The second kappa shape index (κ2) is 7.58. The van der Waals surface area contributed by atoms with Crippen LogP contribution in [0.5, 0.6) is 11.5 Å². The van der Waals surface area contributed by atoms with E-state index in [0.29, 0.717) is 16.5 Å². The highest BCUT2D eigenvalue weighted by Crippen LogP contribution is 2.40. The summed E-state index contributed by atoms with van der Waals surface area (Å²) in [4.78, 5) is 15.5. The van der Waals surface area contributed by atoms with E-state index in [9.17, 15) is 18.0 Å². The lowest BCUT2D eigenvalue weighted by atomic mass is 10.1. The van der Waals surface area contributed by atoms with E-state index in [1.807, 2.05) is 0 Å². The van der Waals surface area contributed by atoms with E-state index in [0.717, 1.165) is 17.8 Å². The number of benzene rings is 2. The summed E-state index contributed by atoms with van der Waals surface area (Å²) in [5.41, 5.74) is 4.76. The second-order valence-electron chi connectivity index (χ2n) is 5.48. The van der Waals surface area contributed by atoms with Crippen LogP contribution in [0.2, 0.25) is 5.02 Å². The molecule has 3 rings (SSSR count). The van der Waals surface area contributed by atoms with Crippen molar-refractivity contribution >= 4 is 40.5 Å². The molecule has 0 spiro atoms. The normalized spacial score (nSPS) is 15.5. The zero-order valence-corrected chi connectivity index (χ0v) is 15.3. The summed E-state index contributed by atoms with van der Waals surface area (Å²) in [6, 6.07) is 8.96. The van der Waals surface area contributed by atoms with Gasteiger partial charge in [0.15, 0.2) is 5.17 Å². The average molecular weight is 424 g/mol. The molecule has 1 aliphatic rings. The van der Waals surface area contributed by atoms with Gasteiger partial charge in [-0.15, -0.1) is 0 Å². The van der Waals surface area contributed by atoms with Crippen LogP contribution in [0.15, 0.2) is 46.3 Å². The van der Waals surface area contributed by atoms with Crippen molar-refractivity contribution in [2.75, 3.05) is 0 Å². The van der Waals surface area contributed by atoms with Gasteiger partial charge in [0, 0.05) is 0 Å². The molecule has 2 aromatic carbocycles. The molecule has 0 atom stereocenters. The van der Waals surface area contributed by atoms with Gasteiger partial charge in [0.2, 0.25) is 0 Å². The van der Waals surface area contributed by atoms with E-state index in [1.165, 1.54) is 30.3 Å². The smallest absolute Gasteiger partial charge is 0.420 e. The van der Waals surface area contributed by atoms with E-state index >= 15 is 0 Å². The van der Waals surface area contributed by atoms with Crippen molar-refractivity contribution < 1.29 is 22.7 Å². The van der Waals surface area contributed by atoms with Crippen LogP contribution in [-0.2, 0) is 11.0 Å². The number of hydrogen-bond donors (Lipinski definition) is 1. The topological polar surface area (TPSA) is 88.5 Å². The first-order valence-corrected chi connectivity index (χ1v) is 8.73. The molecule has 0 radical (unpaired) electrons. The van der Waals surface area contributed by atoms with E-state index < -0.39 is 23.4 Å². The molecule has 0 saturated carbocycles. The molecule has 0 aromatic heterocycles. The van der Waals surface area contributed by atoms with Gasteiger partial charge >= 0.3 is 6.18 Å². The average Bonchev–Trinajstić information content (AvgIpc) is 2.93. The van der Waals surface area contributed by atoms with Crippen molar-refractivity contribution in [3.05, 3.63) is 63.0 Å². The number of carbonyl (C=O) groups excluding carboxylic acids is 1. The van der Waals surface area contributed by atoms with Crippen LogP contribution in [-0.4, -0.2) is 11.1 Å². The third-order valence-corrected chi connectivity index (χ3v) is 4.63. The molecule has 10 heteroatoms. The first kappa shape index (κ1) is 19.8. The molecule has 0 saturated heterocycles. The van der Waals surface area contributed by atoms with Crippen LogP contribution >= 0.6 is 23.4 Å². The lowest BCUT2D eigenvalue weighted by molar-refractivity contribution is -0.138. The molecule has 0 fully saturated rings. The van der Waals surface area contributed by atoms with Gasteiger partial charge in [0.25, 0.3) is 5.91 Å². The minimum Gasteiger partial charge on any atom is -0.455 e. The molecule has 142 valence electrons. The van der Waals surface area contributed by atoms with E-state index in [4.69, 9.17) is 27.3 Å². The highest BCUT2D eigenvalue weighted by Gasteiger charge is 2.35. The quantitative estimate of drug-likeness (QED) is 0.705. The predicted octanol–water partition coefficient (Wildman–Crippen LogP) is 4.95. The number of thioether (sulfide) groups is 1. The molecule has 0 aliphatic carbocycles. The van der Waals surface area contributed by atoms with Crippen LogP contribution in [0.4, 0.5) is 13.2 Å². The van der Waals surface area contributed by atoms with Crippen molar-refractivity contribution in [1.82, 2.24) is 0 Å². The maximum Gasteiger partial charge on any atom is 0.420 e. The van der Waals surface area contributed by atoms with Gasteiger partial charge in [-0.25, -0.2) is 0 Å². The first-order chi connectivity index (χ1) is 13.2. The summed E-state index contributed by atoms with van der Waals surface area (Å²) < 4.78 is 45.1. The Morgan fingerprint density at radius 3 is 2.50 bits per heavy atom. The zero-order valence-electron chi connectivity index (χ0n) is 13.7. The van der Waals surface area contributed by atoms with E-state index in [-0.39, 0.29) is 21.5 Å².